The molecule has 0 aromatic carbocycles. The highest BCUT2D eigenvalue weighted by atomic mass is 127. The van der Waals surface area contributed by atoms with Crippen LogP contribution in [0.3, 0.4) is 0 Å². The Morgan fingerprint density at radius 2 is 2.08 bits per heavy atom. The molecule has 0 aliphatic heterocycles. The van der Waals surface area contributed by atoms with Gasteiger partial charge in [-0.25, -0.2) is 0 Å². The summed E-state index contributed by atoms with van der Waals surface area (Å²) in [7, 11) is 0. The number of pyridine rings is 1. The molecule has 0 saturated carbocycles. The van der Waals surface area contributed by atoms with Crippen molar-refractivity contribution < 1.29 is 4.52 Å². The molecule has 8 heteroatoms. The van der Waals surface area contributed by atoms with Gasteiger partial charge in [0.2, 0.25) is 5.89 Å². The van der Waals surface area contributed by atoms with Crippen LogP contribution in [0.25, 0.3) is 0 Å². The Hall–Kier alpha value is -1.71. The van der Waals surface area contributed by atoms with E-state index in [1.54, 1.807) is 0 Å². The molecule has 0 saturated heterocycles. The zero-order valence-corrected chi connectivity index (χ0v) is 17.4. The van der Waals surface area contributed by atoms with Gasteiger partial charge in [0.25, 0.3) is 0 Å². The maximum atomic E-state index is 5.23. The molecule has 2 aromatic rings. The van der Waals surface area contributed by atoms with E-state index in [0.717, 1.165) is 37.0 Å². The number of aliphatic imine (C=N–C) groups is 1. The van der Waals surface area contributed by atoms with E-state index in [9.17, 15) is 0 Å². The van der Waals surface area contributed by atoms with Gasteiger partial charge in [0.1, 0.15) is 0 Å². The Kier molecular flexibility index (Phi) is 10.0. The number of guanidine groups is 1. The topological polar surface area (TPSA) is 88.2 Å². The van der Waals surface area contributed by atoms with Gasteiger partial charge >= 0.3 is 0 Å². The summed E-state index contributed by atoms with van der Waals surface area (Å²) < 4.78 is 5.23. The van der Waals surface area contributed by atoms with Crippen LogP contribution in [0.15, 0.2) is 33.9 Å². The molecule has 2 N–H and O–H groups in total. The van der Waals surface area contributed by atoms with Crippen LogP contribution in [-0.2, 0) is 12.8 Å². The van der Waals surface area contributed by atoms with Crippen LogP contribution < -0.4 is 10.6 Å². The largest absolute Gasteiger partial charge is 0.357 e. The normalized spacial score (nSPS) is 11.3. The van der Waals surface area contributed by atoms with Gasteiger partial charge in [-0.2, -0.15) is 4.98 Å². The van der Waals surface area contributed by atoms with Gasteiger partial charge in [-0.3, -0.25) is 9.98 Å². The van der Waals surface area contributed by atoms with Crippen LogP contribution in [0.2, 0.25) is 0 Å². The standard InChI is InChI=1S/C17H26N6O.HI/c1-4-18-17(20-11-8-14-7-5-6-10-19-14)21-12-9-15-22-16(13(2)3)23-24-15;/h5-7,10,13H,4,8-9,11-12H2,1-3H3,(H2,18,20,21);1H. The van der Waals surface area contributed by atoms with E-state index in [2.05, 4.69) is 30.8 Å². The zero-order valence-electron chi connectivity index (χ0n) is 15.0. The molecule has 2 aromatic heterocycles. The molecule has 0 amide bonds. The third-order valence-electron chi connectivity index (χ3n) is 3.34. The molecule has 138 valence electrons. The average Bonchev–Trinajstić information content (AvgIpc) is 3.05. The average molecular weight is 458 g/mol. The van der Waals surface area contributed by atoms with Crippen LogP contribution >= 0.6 is 24.0 Å². The van der Waals surface area contributed by atoms with Gasteiger partial charge in [0, 0.05) is 43.7 Å². The molecule has 0 bridgehead atoms. The molecule has 7 nitrogen and oxygen atoms in total. The van der Waals surface area contributed by atoms with E-state index in [0.29, 0.717) is 18.9 Å². The lowest BCUT2D eigenvalue weighted by Crippen LogP contribution is -2.38. The molecule has 25 heavy (non-hydrogen) atoms. The van der Waals surface area contributed by atoms with Crippen molar-refractivity contribution in [1.29, 1.82) is 0 Å². The van der Waals surface area contributed by atoms with Crippen molar-refractivity contribution in [3.05, 3.63) is 41.8 Å². The highest BCUT2D eigenvalue weighted by Crippen LogP contribution is 2.09. The Bertz CT molecular complexity index is 629. The quantitative estimate of drug-likeness (QED) is 0.359. The fourth-order valence-electron chi connectivity index (χ4n) is 2.06. The first-order valence-electron chi connectivity index (χ1n) is 8.43. The number of rotatable bonds is 8. The minimum atomic E-state index is 0. The Labute approximate surface area is 166 Å². The summed E-state index contributed by atoms with van der Waals surface area (Å²) in [5.74, 6) is 2.44. The van der Waals surface area contributed by atoms with Crippen molar-refractivity contribution in [3.8, 4) is 0 Å². The lowest BCUT2D eigenvalue weighted by Gasteiger charge is -2.10. The van der Waals surface area contributed by atoms with Gasteiger partial charge in [0.15, 0.2) is 11.8 Å². The summed E-state index contributed by atoms with van der Waals surface area (Å²) in [6.45, 7) is 8.32. The van der Waals surface area contributed by atoms with Gasteiger partial charge in [-0.15, -0.1) is 24.0 Å². The number of aromatic nitrogens is 3. The van der Waals surface area contributed by atoms with E-state index in [1.165, 1.54) is 0 Å². The monoisotopic (exact) mass is 458 g/mol. The molecule has 2 heterocycles. The Morgan fingerprint density at radius 1 is 1.24 bits per heavy atom. The van der Waals surface area contributed by atoms with Crippen molar-refractivity contribution in [3.63, 3.8) is 0 Å². The second-order valence-corrected chi connectivity index (χ2v) is 5.71. The predicted molar refractivity (Wildman–Crippen MR) is 109 cm³/mol. The van der Waals surface area contributed by atoms with Gasteiger partial charge < -0.3 is 15.2 Å². The van der Waals surface area contributed by atoms with Crippen molar-refractivity contribution >= 4 is 29.9 Å². The Balaban J connectivity index is 0.00000312. The summed E-state index contributed by atoms with van der Waals surface area (Å²) in [6.07, 6.45) is 3.30. The summed E-state index contributed by atoms with van der Waals surface area (Å²) in [5, 5.41) is 10.5. The van der Waals surface area contributed by atoms with Crippen LogP contribution in [0.4, 0.5) is 0 Å². The van der Waals surface area contributed by atoms with Gasteiger partial charge in [0.05, 0.1) is 6.54 Å². The second-order valence-electron chi connectivity index (χ2n) is 5.71. The highest BCUT2D eigenvalue weighted by molar-refractivity contribution is 14.0. The van der Waals surface area contributed by atoms with Crippen LogP contribution in [0.1, 0.15) is 44.1 Å². The molecular weight excluding hydrogens is 431 g/mol. The lowest BCUT2D eigenvalue weighted by atomic mass is 10.2. The fraction of sp³-hybridized carbons (Fsp3) is 0.529. The molecule has 0 unspecified atom stereocenters. The molecule has 0 atom stereocenters. The zero-order chi connectivity index (χ0) is 17.2. The van der Waals surface area contributed by atoms with Gasteiger partial charge in [-0.1, -0.05) is 25.1 Å². The molecule has 0 spiro atoms. The number of nitrogens with one attached hydrogen (secondary N) is 2. The first-order valence-corrected chi connectivity index (χ1v) is 8.43. The van der Waals surface area contributed by atoms with E-state index in [1.807, 2.05) is 45.2 Å². The summed E-state index contributed by atoms with van der Waals surface area (Å²) >= 11 is 0. The van der Waals surface area contributed by atoms with E-state index < -0.39 is 0 Å². The third-order valence-corrected chi connectivity index (χ3v) is 3.34. The SMILES string of the molecule is CCNC(=NCCc1nc(C(C)C)no1)NCCc1ccccn1.I. The molecule has 0 radical (unpaired) electrons. The number of hydrogen-bond acceptors (Lipinski definition) is 5. The Morgan fingerprint density at radius 3 is 2.72 bits per heavy atom. The minimum Gasteiger partial charge on any atom is -0.357 e. The molecule has 0 fully saturated rings. The molecule has 0 aliphatic rings. The van der Waals surface area contributed by atoms with E-state index in [-0.39, 0.29) is 29.9 Å². The second kappa shape index (κ2) is 11.8. The maximum Gasteiger partial charge on any atom is 0.228 e. The lowest BCUT2D eigenvalue weighted by molar-refractivity contribution is 0.372. The highest BCUT2D eigenvalue weighted by Gasteiger charge is 2.09. The smallest absolute Gasteiger partial charge is 0.228 e. The van der Waals surface area contributed by atoms with Crippen LogP contribution in [-0.4, -0.2) is 40.7 Å². The summed E-state index contributed by atoms with van der Waals surface area (Å²) in [5.41, 5.74) is 1.06. The van der Waals surface area contributed by atoms with Crippen LogP contribution in [0.5, 0.6) is 0 Å². The number of hydrogen-bond donors (Lipinski definition) is 2. The predicted octanol–water partition coefficient (Wildman–Crippen LogP) is 2.55. The van der Waals surface area contributed by atoms with Crippen molar-refractivity contribution in [1.82, 2.24) is 25.8 Å². The van der Waals surface area contributed by atoms with Crippen molar-refractivity contribution in [2.75, 3.05) is 19.6 Å². The van der Waals surface area contributed by atoms with Crippen LogP contribution in [0, 0.1) is 0 Å². The third kappa shape index (κ3) is 7.80. The number of halogens is 1. The first-order chi connectivity index (χ1) is 11.7. The molecule has 0 aliphatic carbocycles. The minimum absolute atomic E-state index is 0. The summed E-state index contributed by atoms with van der Waals surface area (Å²) in [6, 6.07) is 5.94. The van der Waals surface area contributed by atoms with E-state index in [4.69, 9.17) is 4.52 Å². The van der Waals surface area contributed by atoms with E-state index >= 15 is 0 Å². The van der Waals surface area contributed by atoms with Crippen molar-refractivity contribution in [2.24, 2.45) is 4.99 Å². The van der Waals surface area contributed by atoms with Gasteiger partial charge in [-0.05, 0) is 19.1 Å². The molecular formula is C17H27IN6O. The molecule has 2 rings (SSSR count). The number of nitrogens with zero attached hydrogens (tertiary/aromatic N) is 4. The fourth-order valence-corrected chi connectivity index (χ4v) is 2.06. The maximum absolute atomic E-state index is 5.23. The summed E-state index contributed by atoms with van der Waals surface area (Å²) in [4.78, 5) is 13.2. The first kappa shape index (κ1) is 21.3. The van der Waals surface area contributed by atoms with Crippen molar-refractivity contribution in [2.45, 2.75) is 39.5 Å².